The molecule has 0 bridgehead atoms. The highest BCUT2D eigenvalue weighted by Gasteiger charge is 2.18. The summed E-state index contributed by atoms with van der Waals surface area (Å²) in [5.41, 5.74) is 8.35. The van der Waals surface area contributed by atoms with Gasteiger partial charge in [0.15, 0.2) is 11.5 Å². The highest BCUT2D eigenvalue weighted by Crippen LogP contribution is 2.32. The molecule has 0 amide bonds. The first-order valence-corrected chi connectivity index (χ1v) is 10.6. The Balaban J connectivity index is 1.19. The number of rotatable bonds is 8. The summed E-state index contributed by atoms with van der Waals surface area (Å²) in [6, 6.07) is 14.0. The first-order valence-electron chi connectivity index (χ1n) is 10.6. The molecule has 0 aliphatic carbocycles. The number of ether oxygens (including phenoxy) is 3. The fourth-order valence-corrected chi connectivity index (χ4v) is 3.76. The van der Waals surface area contributed by atoms with E-state index in [4.69, 9.17) is 19.9 Å². The van der Waals surface area contributed by atoms with Crippen LogP contribution >= 0.6 is 0 Å². The van der Waals surface area contributed by atoms with Gasteiger partial charge in [0.25, 0.3) is 0 Å². The van der Waals surface area contributed by atoms with Crippen LogP contribution in [0.3, 0.4) is 0 Å². The van der Waals surface area contributed by atoms with Gasteiger partial charge >= 0.3 is 0 Å². The summed E-state index contributed by atoms with van der Waals surface area (Å²) in [6.07, 6.45) is 0. The van der Waals surface area contributed by atoms with Gasteiger partial charge in [-0.2, -0.15) is 0 Å². The molecule has 160 valence electrons. The molecule has 1 fully saturated rings. The van der Waals surface area contributed by atoms with Crippen molar-refractivity contribution in [3.8, 4) is 17.2 Å². The van der Waals surface area contributed by atoms with Crippen molar-refractivity contribution in [2.45, 2.75) is 13.5 Å². The third-order valence-corrected chi connectivity index (χ3v) is 5.47. The van der Waals surface area contributed by atoms with Crippen molar-refractivity contribution in [3.63, 3.8) is 0 Å². The van der Waals surface area contributed by atoms with E-state index in [-0.39, 0.29) is 0 Å². The molecule has 7 nitrogen and oxygen atoms in total. The van der Waals surface area contributed by atoms with Gasteiger partial charge < -0.3 is 19.9 Å². The van der Waals surface area contributed by atoms with E-state index in [0.29, 0.717) is 25.8 Å². The van der Waals surface area contributed by atoms with Crippen LogP contribution in [-0.2, 0) is 6.54 Å². The minimum Gasteiger partial charge on any atom is -0.494 e. The van der Waals surface area contributed by atoms with Crippen LogP contribution in [-0.4, -0.2) is 68.3 Å². The van der Waals surface area contributed by atoms with E-state index in [0.717, 1.165) is 62.1 Å². The monoisotopic (exact) mass is 410 g/mol. The number of hydrogen-bond acceptors (Lipinski definition) is 6. The van der Waals surface area contributed by atoms with Crippen molar-refractivity contribution in [2.75, 3.05) is 52.7 Å². The summed E-state index contributed by atoms with van der Waals surface area (Å²) >= 11 is 0. The standard InChI is InChI=1S/C23H30N4O3/c1-2-28-20-6-4-19(5-7-20)23(24)25-9-10-26-11-13-27(14-12-26)16-18-3-8-21-22(15-18)30-17-29-21/h3-8,15H,2,9-14,16-17H2,1H3,(H2,24,25). The Morgan fingerprint density at radius 3 is 2.50 bits per heavy atom. The number of piperazine rings is 1. The van der Waals surface area contributed by atoms with Crippen LogP contribution in [0, 0.1) is 0 Å². The van der Waals surface area contributed by atoms with E-state index in [9.17, 15) is 0 Å². The third-order valence-electron chi connectivity index (χ3n) is 5.47. The first kappa shape index (κ1) is 20.5. The summed E-state index contributed by atoms with van der Waals surface area (Å²) in [5.74, 6) is 3.13. The lowest BCUT2D eigenvalue weighted by molar-refractivity contribution is 0.130. The summed E-state index contributed by atoms with van der Waals surface area (Å²) in [5, 5.41) is 0. The molecule has 1 saturated heterocycles. The van der Waals surface area contributed by atoms with Crippen LogP contribution in [0.5, 0.6) is 17.2 Å². The number of fused-ring (bicyclic) bond motifs is 1. The van der Waals surface area contributed by atoms with Gasteiger partial charge in [0, 0.05) is 44.8 Å². The van der Waals surface area contributed by atoms with Crippen molar-refractivity contribution in [1.29, 1.82) is 0 Å². The summed E-state index contributed by atoms with van der Waals surface area (Å²) in [7, 11) is 0. The molecule has 2 aromatic rings. The zero-order valence-corrected chi connectivity index (χ0v) is 17.5. The lowest BCUT2D eigenvalue weighted by Crippen LogP contribution is -2.46. The zero-order chi connectivity index (χ0) is 20.8. The maximum absolute atomic E-state index is 6.14. The Kier molecular flexibility index (Phi) is 6.71. The smallest absolute Gasteiger partial charge is 0.231 e. The average Bonchev–Trinajstić information content (AvgIpc) is 3.24. The Morgan fingerprint density at radius 2 is 1.73 bits per heavy atom. The van der Waals surface area contributed by atoms with Crippen molar-refractivity contribution < 1.29 is 14.2 Å². The maximum Gasteiger partial charge on any atom is 0.231 e. The molecule has 7 heteroatoms. The number of aliphatic imine (C=N–C) groups is 1. The number of amidine groups is 1. The highest BCUT2D eigenvalue weighted by atomic mass is 16.7. The van der Waals surface area contributed by atoms with Crippen LogP contribution in [0.1, 0.15) is 18.1 Å². The molecule has 2 heterocycles. The predicted octanol–water partition coefficient (Wildman–Crippen LogP) is 2.34. The minimum absolute atomic E-state index is 0.322. The minimum atomic E-state index is 0.322. The molecule has 2 aromatic carbocycles. The molecule has 0 unspecified atom stereocenters. The Labute approximate surface area is 178 Å². The number of benzene rings is 2. The van der Waals surface area contributed by atoms with Crippen molar-refractivity contribution >= 4 is 5.84 Å². The van der Waals surface area contributed by atoms with Crippen molar-refractivity contribution in [2.24, 2.45) is 10.7 Å². The van der Waals surface area contributed by atoms with Gasteiger partial charge in [-0.05, 0) is 48.9 Å². The molecule has 4 rings (SSSR count). The predicted molar refractivity (Wildman–Crippen MR) is 117 cm³/mol. The topological polar surface area (TPSA) is 72.6 Å². The molecule has 2 aliphatic heterocycles. The van der Waals surface area contributed by atoms with Crippen LogP contribution in [0.15, 0.2) is 47.5 Å². The number of nitrogens with two attached hydrogens (primary N) is 1. The van der Waals surface area contributed by atoms with E-state index in [1.165, 1.54) is 5.56 Å². The van der Waals surface area contributed by atoms with Crippen LogP contribution in [0.25, 0.3) is 0 Å². The van der Waals surface area contributed by atoms with E-state index in [1.54, 1.807) is 0 Å². The number of nitrogens with zero attached hydrogens (tertiary/aromatic N) is 3. The van der Waals surface area contributed by atoms with Gasteiger partial charge in [-0.1, -0.05) is 6.07 Å². The first-order chi connectivity index (χ1) is 14.7. The maximum atomic E-state index is 6.14. The second-order valence-electron chi connectivity index (χ2n) is 7.53. The Morgan fingerprint density at radius 1 is 1.00 bits per heavy atom. The van der Waals surface area contributed by atoms with E-state index in [1.807, 2.05) is 37.3 Å². The van der Waals surface area contributed by atoms with Crippen LogP contribution in [0.2, 0.25) is 0 Å². The van der Waals surface area contributed by atoms with Gasteiger partial charge in [0.2, 0.25) is 6.79 Å². The van der Waals surface area contributed by atoms with Crippen LogP contribution < -0.4 is 19.9 Å². The lowest BCUT2D eigenvalue weighted by Gasteiger charge is -2.34. The molecule has 30 heavy (non-hydrogen) atoms. The molecule has 0 atom stereocenters. The third kappa shape index (κ3) is 5.23. The molecule has 0 aromatic heterocycles. The Hall–Kier alpha value is -2.77. The Bertz CT molecular complexity index is 861. The average molecular weight is 411 g/mol. The van der Waals surface area contributed by atoms with Crippen molar-refractivity contribution in [1.82, 2.24) is 9.80 Å². The quantitative estimate of drug-likeness (QED) is 0.532. The van der Waals surface area contributed by atoms with E-state index < -0.39 is 0 Å². The highest BCUT2D eigenvalue weighted by molar-refractivity contribution is 5.97. The van der Waals surface area contributed by atoms with Crippen molar-refractivity contribution in [3.05, 3.63) is 53.6 Å². The summed E-state index contributed by atoms with van der Waals surface area (Å²) in [6.45, 7) is 9.71. The van der Waals surface area contributed by atoms with Gasteiger partial charge in [0.05, 0.1) is 13.2 Å². The number of hydrogen-bond donors (Lipinski definition) is 1. The van der Waals surface area contributed by atoms with Gasteiger partial charge in [-0.3, -0.25) is 14.8 Å². The van der Waals surface area contributed by atoms with Crippen LogP contribution in [0.4, 0.5) is 0 Å². The second kappa shape index (κ2) is 9.82. The van der Waals surface area contributed by atoms with E-state index in [2.05, 4.69) is 26.9 Å². The summed E-state index contributed by atoms with van der Waals surface area (Å²) < 4.78 is 16.3. The van der Waals surface area contributed by atoms with Gasteiger partial charge in [0.1, 0.15) is 11.6 Å². The fraction of sp³-hybridized carbons (Fsp3) is 0.435. The van der Waals surface area contributed by atoms with E-state index >= 15 is 0 Å². The zero-order valence-electron chi connectivity index (χ0n) is 17.5. The molecule has 0 saturated carbocycles. The molecule has 2 aliphatic rings. The fourth-order valence-electron chi connectivity index (χ4n) is 3.76. The molecule has 0 spiro atoms. The molecular weight excluding hydrogens is 380 g/mol. The molecule has 0 radical (unpaired) electrons. The SMILES string of the molecule is CCOc1ccc(C(N)=NCCN2CCN(Cc3ccc4c(c3)OCO4)CC2)cc1. The summed E-state index contributed by atoms with van der Waals surface area (Å²) in [4.78, 5) is 9.48. The molecule has 2 N–H and O–H groups in total. The van der Waals surface area contributed by atoms with Gasteiger partial charge in [-0.25, -0.2) is 0 Å². The van der Waals surface area contributed by atoms with Gasteiger partial charge in [-0.15, -0.1) is 0 Å². The lowest BCUT2D eigenvalue weighted by atomic mass is 10.1. The largest absolute Gasteiger partial charge is 0.494 e. The normalized spacial score (nSPS) is 17.3. The molecular formula is C23H30N4O3. The second-order valence-corrected chi connectivity index (χ2v) is 7.53.